The van der Waals surface area contributed by atoms with E-state index in [1.165, 1.54) is 23.1 Å². The predicted molar refractivity (Wildman–Crippen MR) is 80.3 cm³/mol. The van der Waals surface area contributed by atoms with E-state index in [-0.39, 0.29) is 5.25 Å². The maximum atomic E-state index is 8.76. The van der Waals surface area contributed by atoms with Crippen LogP contribution in [0.1, 0.15) is 12.5 Å². The third kappa shape index (κ3) is 3.60. The van der Waals surface area contributed by atoms with Gasteiger partial charge in [-0.25, -0.2) is 0 Å². The lowest BCUT2D eigenvalue weighted by molar-refractivity contribution is 1.01. The monoisotopic (exact) mass is 310 g/mol. The fourth-order valence-electron chi connectivity index (χ4n) is 1.34. The van der Waals surface area contributed by atoms with Crippen LogP contribution in [0.3, 0.4) is 0 Å². The minimum Gasteiger partial charge on any atom is -0.330 e. The molecule has 0 saturated heterocycles. The van der Waals surface area contributed by atoms with Crippen LogP contribution in [0.25, 0.3) is 0 Å². The van der Waals surface area contributed by atoms with Gasteiger partial charge in [0, 0.05) is 10.7 Å². The molecule has 4 nitrogen and oxygen atoms in total. The molecule has 19 heavy (non-hydrogen) atoms. The van der Waals surface area contributed by atoms with Crippen LogP contribution in [0.5, 0.6) is 0 Å². The third-order valence-corrected chi connectivity index (χ3v) is 4.70. The van der Waals surface area contributed by atoms with Gasteiger partial charge in [0.15, 0.2) is 4.34 Å². The molecule has 7 heteroatoms. The molecule has 1 heterocycles. The summed E-state index contributed by atoms with van der Waals surface area (Å²) in [7, 11) is 0. The zero-order valence-corrected chi connectivity index (χ0v) is 12.7. The number of halogens is 1. The summed E-state index contributed by atoms with van der Waals surface area (Å²) in [5.74, 6) is 0. The molecule has 1 N–H and O–H groups in total. The second-order valence-electron chi connectivity index (χ2n) is 3.80. The highest BCUT2D eigenvalue weighted by Gasteiger charge is 2.10. The highest BCUT2D eigenvalue weighted by molar-refractivity contribution is 8.01. The number of nitrogens with one attached hydrogen (secondary N) is 1. The van der Waals surface area contributed by atoms with Gasteiger partial charge in [-0.1, -0.05) is 40.8 Å². The first-order valence-electron chi connectivity index (χ1n) is 5.52. The lowest BCUT2D eigenvalue weighted by atomic mass is 10.2. The van der Waals surface area contributed by atoms with E-state index in [0.29, 0.717) is 10.2 Å². The topological polar surface area (TPSA) is 61.6 Å². The van der Waals surface area contributed by atoms with Gasteiger partial charge in [-0.05, 0) is 31.5 Å². The van der Waals surface area contributed by atoms with Crippen molar-refractivity contribution in [3.8, 4) is 6.07 Å². The zero-order valence-electron chi connectivity index (χ0n) is 10.3. The molecule has 1 atom stereocenters. The first-order valence-corrected chi connectivity index (χ1v) is 7.59. The van der Waals surface area contributed by atoms with Gasteiger partial charge >= 0.3 is 0 Å². The zero-order chi connectivity index (χ0) is 13.8. The molecular weight excluding hydrogens is 300 g/mol. The summed E-state index contributed by atoms with van der Waals surface area (Å²) in [6, 6.07) is 7.82. The largest absolute Gasteiger partial charge is 0.330 e. The molecule has 0 aliphatic carbocycles. The first-order chi connectivity index (χ1) is 9.10. The molecule has 0 radical (unpaired) electrons. The van der Waals surface area contributed by atoms with E-state index in [0.717, 1.165) is 15.6 Å². The molecule has 2 aromatic rings. The predicted octanol–water partition coefficient (Wildman–Crippen LogP) is 4.25. The molecule has 0 unspecified atom stereocenters. The number of anilines is 2. The van der Waals surface area contributed by atoms with Crippen molar-refractivity contribution in [2.75, 3.05) is 5.32 Å². The van der Waals surface area contributed by atoms with E-state index < -0.39 is 0 Å². The maximum Gasteiger partial charge on any atom is 0.210 e. The molecule has 1 aromatic carbocycles. The minimum atomic E-state index is -0.131. The number of hydrogen-bond donors (Lipinski definition) is 1. The van der Waals surface area contributed by atoms with E-state index in [1.807, 2.05) is 32.0 Å². The molecule has 2 rings (SSSR count). The van der Waals surface area contributed by atoms with Crippen molar-refractivity contribution in [1.82, 2.24) is 10.2 Å². The average molecular weight is 311 g/mol. The van der Waals surface area contributed by atoms with Gasteiger partial charge < -0.3 is 5.32 Å². The highest BCUT2D eigenvalue weighted by atomic mass is 35.5. The second kappa shape index (κ2) is 6.24. The molecule has 1 aromatic heterocycles. The van der Waals surface area contributed by atoms with Crippen molar-refractivity contribution in [3.05, 3.63) is 28.8 Å². The summed E-state index contributed by atoms with van der Waals surface area (Å²) in [5, 5.41) is 21.3. The number of aromatic nitrogens is 2. The Kier molecular flexibility index (Phi) is 4.64. The highest BCUT2D eigenvalue weighted by Crippen LogP contribution is 2.32. The summed E-state index contributed by atoms with van der Waals surface area (Å²) in [6.45, 7) is 3.78. The number of rotatable bonds is 4. The SMILES string of the molecule is Cc1c(Cl)cccc1Nc1nnc(S[C@H](C)C#N)s1. The average Bonchev–Trinajstić information content (AvgIpc) is 2.82. The van der Waals surface area contributed by atoms with Crippen molar-refractivity contribution in [1.29, 1.82) is 5.26 Å². The quantitative estimate of drug-likeness (QED) is 0.855. The van der Waals surface area contributed by atoms with Gasteiger partial charge in [-0.15, -0.1) is 10.2 Å². The Balaban J connectivity index is 2.12. The van der Waals surface area contributed by atoms with E-state index >= 15 is 0 Å². The Morgan fingerprint density at radius 3 is 3.00 bits per heavy atom. The normalized spacial score (nSPS) is 11.9. The van der Waals surface area contributed by atoms with Gasteiger partial charge in [0.1, 0.15) is 0 Å². The molecule has 0 fully saturated rings. The number of nitriles is 1. The van der Waals surface area contributed by atoms with Crippen LogP contribution in [0.15, 0.2) is 22.5 Å². The van der Waals surface area contributed by atoms with Gasteiger partial charge in [0.2, 0.25) is 5.13 Å². The fraction of sp³-hybridized carbons (Fsp3) is 0.250. The lowest BCUT2D eigenvalue weighted by Crippen LogP contribution is -1.92. The van der Waals surface area contributed by atoms with Crippen molar-refractivity contribution in [2.45, 2.75) is 23.4 Å². The first kappa shape index (κ1) is 14.1. The number of nitrogens with zero attached hydrogens (tertiary/aromatic N) is 3. The summed E-state index contributed by atoms with van der Waals surface area (Å²) in [4.78, 5) is 0. The standard InChI is InChI=1S/C12H11ClN4S2/c1-7(6-14)18-12-17-16-11(19-12)15-10-5-3-4-9(13)8(10)2/h3-5,7H,1-2H3,(H,15,16)/t7-/m1/s1. The molecule has 0 bridgehead atoms. The van der Waals surface area contributed by atoms with Crippen molar-refractivity contribution in [3.63, 3.8) is 0 Å². The molecule has 0 spiro atoms. The Labute approximate surface area is 124 Å². The van der Waals surface area contributed by atoms with Gasteiger partial charge in [-0.3, -0.25) is 0 Å². The molecule has 0 saturated carbocycles. The Morgan fingerprint density at radius 1 is 1.47 bits per heavy atom. The van der Waals surface area contributed by atoms with Crippen molar-refractivity contribution < 1.29 is 0 Å². The van der Waals surface area contributed by atoms with Gasteiger partial charge in [-0.2, -0.15) is 5.26 Å². The van der Waals surface area contributed by atoms with Crippen LogP contribution < -0.4 is 5.32 Å². The molecule has 0 aliphatic rings. The van der Waals surface area contributed by atoms with Gasteiger partial charge in [0.05, 0.1) is 11.3 Å². The maximum absolute atomic E-state index is 8.76. The van der Waals surface area contributed by atoms with Crippen LogP contribution in [0.2, 0.25) is 5.02 Å². The van der Waals surface area contributed by atoms with Crippen molar-refractivity contribution in [2.24, 2.45) is 0 Å². The number of hydrogen-bond acceptors (Lipinski definition) is 6. The van der Waals surface area contributed by atoms with Crippen LogP contribution in [-0.2, 0) is 0 Å². The van der Waals surface area contributed by atoms with Crippen LogP contribution in [-0.4, -0.2) is 15.4 Å². The summed E-state index contributed by atoms with van der Waals surface area (Å²) < 4.78 is 0.774. The van der Waals surface area contributed by atoms with Crippen LogP contribution in [0, 0.1) is 18.3 Å². The smallest absolute Gasteiger partial charge is 0.210 e. The molecule has 0 amide bonds. The van der Waals surface area contributed by atoms with Gasteiger partial charge in [0.25, 0.3) is 0 Å². The fourth-order valence-corrected chi connectivity index (χ4v) is 3.31. The Hall–Kier alpha value is -1.29. The summed E-state index contributed by atoms with van der Waals surface area (Å²) in [6.07, 6.45) is 0. The Morgan fingerprint density at radius 2 is 2.26 bits per heavy atom. The summed E-state index contributed by atoms with van der Waals surface area (Å²) >= 11 is 8.88. The Bertz CT molecular complexity index is 620. The van der Waals surface area contributed by atoms with Crippen molar-refractivity contribution >= 4 is 45.5 Å². The third-order valence-electron chi connectivity index (χ3n) is 2.38. The minimum absolute atomic E-state index is 0.131. The number of thioether (sulfide) groups is 1. The van der Waals surface area contributed by atoms with Crippen LogP contribution >= 0.6 is 34.7 Å². The van der Waals surface area contributed by atoms with Crippen LogP contribution in [0.4, 0.5) is 10.8 Å². The van der Waals surface area contributed by atoms with E-state index in [1.54, 1.807) is 0 Å². The second-order valence-corrected chi connectivity index (χ2v) is 6.77. The number of benzene rings is 1. The molecule has 98 valence electrons. The van der Waals surface area contributed by atoms with E-state index in [2.05, 4.69) is 21.6 Å². The molecule has 0 aliphatic heterocycles. The lowest BCUT2D eigenvalue weighted by Gasteiger charge is -2.06. The van der Waals surface area contributed by atoms with E-state index in [9.17, 15) is 0 Å². The summed E-state index contributed by atoms with van der Waals surface area (Å²) in [5.41, 5.74) is 1.88. The van der Waals surface area contributed by atoms with E-state index in [4.69, 9.17) is 16.9 Å². The molecular formula is C12H11ClN4S2.